The van der Waals surface area contributed by atoms with Crippen LogP contribution in [0.15, 0.2) is 182 Å². The summed E-state index contributed by atoms with van der Waals surface area (Å²) >= 11 is 0. The van der Waals surface area contributed by atoms with Crippen molar-refractivity contribution in [3.63, 3.8) is 0 Å². The first-order valence-electron chi connectivity index (χ1n) is 18.0. The highest BCUT2D eigenvalue weighted by atomic mass is 15.1. The van der Waals surface area contributed by atoms with E-state index in [4.69, 9.17) is 4.98 Å². The van der Waals surface area contributed by atoms with Crippen molar-refractivity contribution in [1.82, 2.24) is 9.55 Å². The Morgan fingerprint density at radius 1 is 0.404 bits per heavy atom. The Labute approximate surface area is 302 Å². The van der Waals surface area contributed by atoms with Gasteiger partial charge in [0, 0.05) is 11.3 Å². The van der Waals surface area contributed by atoms with E-state index in [1.54, 1.807) is 0 Å². The molecule has 0 radical (unpaired) electrons. The van der Waals surface area contributed by atoms with Crippen LogP contribution < -0.4 is 0 Å². The van der Waals surface area contributed by atoms with Gasteiger partial charge in [-0.1, -0.05) is 152 Å². The summed E-state index contributed by atoms with van der Waals surface area (Å²) in [7, 11) is 0. The summed E-state index contributed by atoms with van der Waals surface area (Å²) in [5.74, 6) is 0.938. The summed E-state index contributed by atoms with van der Waals surface area (Å²) in [6, 6.07) is 66.5. The van der Waals surface area contributed by atoms with Crippen molar-refractivity contribution >= 4 is 34.0 Å². The molecule has 1 aromatic heterocycles. The second kappa shape index (κ2) is 11.1. The van der Waals surface area contributed by atoms with E-state index in [1.165, 1.54) is 66.4 Å². The number of hydrogen-bond acceptors (Lipinski definition) is 1. The molecule has 0 bridgehead atoms. The lowest BCUT2D eigenvalue weighted by Gasteiger charge is -2.35. The number of nitrogens with zero attached hydrogens (tertiary/aromatic N) is 2. The van der Waals surface area contributed by atoms with Crippen LogP contribution in [0.3, 0.4) is 0 Å². The number of rotatable bonds is 3. The molecule has 0 amide bonds. The molecule has 2 aliphatic rings. The van der Waals surface area contributed by atoms with Gasteiger partial charge in [0.25, 0.3) is 0 Å². The van der Waals surface area contributed by atoms with Gasteiger partial charge in [-0.2, -0.15) is 0 Å². The van der Waals surface area contributed by atoms with E-state index in [0.717, 1.165) is 28.1 Å². The number of aromatic nitrogens is 2. The predicted octanol–water partition coefficient (Wildman–Crippen LogP) is 12.4. The first-order chi connectivity index (χ1) is 25.8. The number of hydrogen-bond donors (Lipinski definition) is 0. The standard InChI is InChI=1S/C50H32N2/c1-2-15-40(16-3-1)52-48-21-11-10-20-47(48)51-49(52)36-27-22-33(23-28-36)39-29-26-35-25-24-34-12-6-8-18-43(34)50(45(35)31-39)44-19-9-7-17-41(44)42-30-37-13-4-5-14-38(37)32-46(42)50/h1-32H. The topological polar surface area (TPSA) is 17.8 Å². The summed E-state index contributed by atoms with van der Waals surface area (Å²) in [6.45, 7) is 0. The average molecular weight is 661 g/mol. The number of imidazole rings is 1. The minimum absolute atomic E-state index is 0.484. The largest absolute Gasteiger partial charge is 0.292 e. The summed E-state index contributed by atoms with van der Waals surface area (Å²) in [5.41, 5.74) is 16.6. The molecule has 8 aromatic carbocycles. The summed E-state index contributed by atoms with van der Waals surface area (Å²) < 4.78 is 2.26. The van der Waals surface area contributed by atoms with Crippen molar-refractivity contribution in [1.29, 1.82) is 0 Å². The van der Waals surface area contributed by atoms with Crippen LogP contribution in [0.1, 0.15) is 33.4 Å². The molecule has 0 saturated carbocycles. The van der Waals surface area contributed by atoms with Gasteiger partial charge in [-0.3, -0.25) is 4.57 Å². The highest BCUT2D eigenvalue weighted by Gasteiger charge is 2.48. The zero-order valence-electron chi connectivity index (χ0n) is 28.4. The van der Waals surface area contributed by atoms with Crippen molar-refractivity contribution in [2.75, 3.05) is 0 Å². The highest BCUT2D eigenvalue weighted by Crippen LogP contribution is 2.59. The normalized spacial score (nSPS) is 15.3. The second-order valence-electron chi connectivity index (χ2n) is 13.9. The quantitative estimate of drug-likeness (QED) is 0.184. The minimum atomic E-state index is -0.484. The van der Waals surface area contributed by atoms with Gasteiger partial charge in [0.05, 0.1) is 16.4 Å². The fraction of sp³-hybridized carbons (Fsp3) is 0.0200. The first kappa shape index (κ1) is 29.0. The maximum Gasteiger partial charge on any atom is 0.145 e. The van der Waals surface area contributed by atoms with Crippen LogP contribution in [0.25, 0.3) is 73.3 Å². The van der Waals surface area contributed by atoms with Crippen molar-refractivity contribution in [2.24, 2.45) is 0 Å². The lowest BCUT2D eigenvalue weighted by molar-refractivity contribution is 0.768. The first-order valence-corrected chi connectivity index (χ1v) is 18.0. The summed E-state index contributed by atoms with van der Waals surface area (Å²) in [5, 5.41) is 2.53. The van der Waals surface area contributed by atoms with E-state index in [2.05, 4.69) is 199 Å². The molecular weight excluding hydrogens is 629 g/mol. The minimum Gasteiger partial charge on any atom is -0.292 e. The summed E-state index contributed by atoms with van der Waals surface area (Å²) in [6.07, 6.45) is 4.61. The van der Waals surface area contributed by atoms with Gasteiger partial charge in [-0.05, 0) is 109 Å². The molecule has 9 aromatic rings. The van der Waals surface area contributed by atoms with Crippen LogP contribution in [0.4, 0.5) is 0 Å². The predicted molar refractivity (Wildman–Crippen MR) is 216 cm³/mol. The Hall–Kier alpha value is -6.77. The maximum absolute atomic E-state index is 5.12. The van der Waals surface area contributed by atoms with Crippen LogP contribution >= 0.6 is 0 Å². The smallest absolute Gasteiger partial charge is 0.145 e. The number of benzene rings is 8. The molecule has 0 saturated heterocycles. The lowest BCUT2D eigenvalue weighted by atomic mass is 9.65. The zero-order chi connectivity index (χ0) is 34.2. The van der Waals surface area contributed by atoms with Gasteiger partial charge in [0.15, 0.2) is 0 Å². The van der Waals surface area contributed by atoms with E-state index >= 15 is 0 Å². The average Bonchev–Trinajstić information content (AvgIpc) is 3.69. The number of fused-ring (bicyclic) bond motifs is 11. The molecule has 0 fully saturated rings. The molecule has 2 nitrogen and oxygen atoms in total. The molecule has 52 heavy (non-hydrogen) atoms. The van der Waals surface area contributed by atoms with Gasteiger partial charge in [-0.15, -0.1) is 0 Å². The SMILES string of the molecule is C1=Cc2ccc(-c3ccc(-c4nc5ccccc5n4-c4ccccc4)cc3)cc2C2(c3ccccc31)c1ccccc1-c1cc3ccccc3cc12. The van der Waals surface area contributed by atoms with Gasteiger partial charge < -0.3 is 0 Å². The van der Waals surface area contributed by atoms with Crippen molar-refractivity contribution in [3.8, 4) is 39.3 Å². The molecule has 2 heteroatoms. The third-order valence-corrected chi connectivity index (χ3v) is 11.2. The Kier molecular flexibility index (Phi) is 6.20. The molecule has 1 atom stereocenters. The fourth-order valence-corrected chi connectivity index (χ4v) is 8.93. The Morgan fingerprint density at radius 2 is 1.04 bits per heavy atom. The van der Waals surface area contributed by atoms with E-state index in [-0.39, 0.29) is 0 Å². The van der Waals surface area contributed by atoms with Crippen LogP contribution in [0, 0.1) is 0 Å². The highest BCUT2D eigenvalue weighted by molar-refractivity contribution is 5.98. The molecule has 0 aliphatic heterocycles. The Bertz CT molecular complexity index is 2890. The molecule has 2 aliphatic carbocycles. The second-order valence-corrected chi connectivity index (χ2v) is 13.9. The molecule has 242 valence electrons. The molecular formula is C50H32N2. The molecule has 0 N–H and O–H groups in total. The van der Waals surface area contributed by atoms with Crippen molar-refractivity contribution < 1.29 is 0 Å². The van der Waals surface area contributed by atoms with Crippen LogP contribution in [0.5, 0.6) is 0 Å². The van der Waals surface area contributed by atoms with Crippen LogP contribution in [-0.4, -0.2) is 9.55 Å². The summed E-state index contributed by atoms with van der Waals surface area (Å²) in [4.78, 5) is 5.12. The fourth-order valence-electron chi connectivity index (χ4n) is 8.93. The number of para-hydroxylation sites is 3. The third-order valence-electron chi connectivity index (χ3n) is 11.2. The van der Waals surface area contributed by atoms with Crippen LogP contribution in [0.2, 0.25) is 0 Å². The van der Waals surface area contributed by atoms with E-state index < -0.39 is 5.41 Å². The molecule has 1 spiro atoms. The van der Waals surface area contributed by atoms with Gasteiger partial charge in [-0.25, -0.2) is 4.98 Å². The van der Waals surface area contributed by atoms with E-state index in [0.29, 0.717) is 0 Å². The molecule has 1 heterocycles. The van der Waals surface area contributed by atoms with Gasteiger partial charge >= 0.3 is 0 Å². The monoisotopic (exact) mass is 660 g/mol. The third kappa shape index (κ3) is 4.09. The van der Waals surface area contributed by atoms with E-state index in [9.17, 15) is 0 Å². The molecule has 1 unspecified atom stereocenters. The van der Waals surface area contributed by atoms with E-state index in [1.807, 2.05) is 0 Å². The van der Waals surface area contributed by atoms with Crippen LogP contribution in [-0.2, 0) is 5.41 Å². The Morgan fingerprint density at radius 3 is 1.88 bits per heavy atom. The van der Waals surface area contributed by atoms with Crippen molar-refractivity contribution in [3.05, 3.63) is 215 Å². The molecule has 11 rings (SSSR count). The van der Waals surface area contributed by atoms with Crippen molar-refractivity contribution in [2.45, 2.75) is 5.41 Å². The maximum atomic E-state index is 5.12. The Balaban J connectivity index is 1.12. The van der Waals surface area contributed by atoms with Gasteiger partial charge in [0.2, 0.25) is 0 Å². The lowest BCUT2D eigenvalue weighted by Crippen LogP contribution is -2.30. The zero-order valence-corrected chi connectivity index (χ0v) is 28.4. The van der Waals surface area contributed by atoms with Gasteiger partial charge in [0.1, 0.15) is 5.82 Å².